The van der Waals surface area contributed by atoms with Gasteiger partial charge in [0.05, 0.1) is 15.8 Å². The Kier molecular flexibility index (Phi) is 5.63. The maximum absolute atomic E-state index is 12.5. The van der Waals surface area contributed by atoms with Crippen molar-refractivity contribution in [2.75, 3.05) is 0 Å². The molecular weight excluding hydrogens is 364 g/mol. The molecule has 1 atom stereocenters. The highest BCUT2D eigenvalue weighted by atomic mass is 35.5. The van der Waals surface area contributed by atoms with Gasteiger partial charge in [0.1, 0.15) is 13.1 Å². The molecule has 2 heterocycles. The largest absolute Gasteiger partial charge is 0.347 e. The van der Waals surface area contributed by atoms with Crippen LogP contribution in [0.25, 0.3) is 0 Å². The number of hydrogen-bond acceptors (Lipinski definition) is 2. The second kappa shape index (κ2) is 8.12. The van der Waals surface area contributed by atoms with E-state index in [-0.39, 0.29) is 5.91 Å². The molecule has 1 aliphatic heterocycles. The van der Waals surface area contributed by atoms with Crippen molar-refractivity contribution in [3.8, 4) is 0 Å². The summed E-state index contributed by atoms with van der Waals surface area (Å²) >= 11 is 7.84. The highest BCUT2D eigenvalue weighted by molar-refractivity contribution is 7.14. The number of nitrogens with one attached hydrogen (secondary N) is 2. The van der Waals surface area contributed by atoms with Crippen LogP contribution in [0.15, 0.2) is 30.3 Å². The Morgan fingerprint density at radius 2 is 1.92 bits per heavy atom. The molecule has 0 radical (unpaired) electrons. The van der Waals surface area contributed by atoms with Crippen LogP contribution >= 0.6 is 22.9 Å². The van der Waals surface area contributed by atoms with Gasteiger partial charge >= 0.3 is 0 Å². The van der Waals surface area contributed by atoms with Crippen molar-refractivity contribution in [3.63, 3.8) is 0 Å². The van der Waals surface area contributed by atoms with Crippen molar-refractivity contribution in [1.29, 1.82) is 0 Å². The highest BCUT2D eigenvalue weighted by Crippen LogP contribution is 2.26. The Morgan fingerprint density at radius 3 is 2.65 bits per heavy atom. The minimum Gasteiger partial charge on any atom is -0.347 e. The van der Waals surface area contributed by atoms with Gasteiger partial charge in [-0.15, -0.1) is 11.3 Å². The fourth-order valence-electron chi connectivity index (χ4n) is 4.27. The third-order valence-electron chi connectivity index (χ3n) is 5.76. The van der Waals surface area contributed by atoms with Crippen LogP contribution in [-0.2, 0) is 19.6 Å². The lowest BCUT2D eigenvalue weighted by atomic mass is 10.1. The molecule has 1 unspecified atom stereocenters. The van der Waals surface area contributed by atoms with E-state index in [2.05, 4.69) is 11.4 Å². The molecule has 1 aromatic carbocycles. The fourth-order valence-corrected chi connectivity index (χ4v) is 5.63. The average Bonchev–Trinajstić information content (AvgIpc) is 3.09. The highest BCUT2D eigenvalue weighted by Gasteiger charge is 2.32. The maximum Gasteiger partial charge on any atom is 0.261 e. The van der Waals surface area contributed by atoms with Gasteiger partial charge in [-0.3, -0.25) is 4.79 Å². The van der Waals surface area contributed by atoms with E-state index < -0.39 is 0 Å². The summed E-state index contributed by atoms with van der Waals surface area (Å²) in [6.45, 7) is 2.66. The first-order valence-corrected chi connectivity index (χ1v) is 10.9. The number of thiophene rings is 1. The van der Waals surface area contributed by atoms with Crippen LogP contribution < -0.4 is 10.2 Å². The second-order valence-corrected chi connectivity index (χ2v) is 9.08. The third-order valence-corrected chi connectivity index (χ3v) is 7.30. The molecule has 3 nitrogen and oxygen atoms in total. The minimum absolute atomic E-state index is 0.0142. The number of carbonyl (C=O) groups excluding carboxylic acids is 1. The molecule has 138 valence electrons. The van der Waals surface area contributed by atoms with Gasteiger partial charge in [-0.1, -0.05) is 42.6 Å². The number of amides is 1. The Balaban J connectivity index is 1.35. The first-order valence-electron chi connectivity index (χ1n) is 9.68. The van der Waals surface area contributed by atoms with E-state index in [1.807, 2.05) is 24.3 Å². The number of benzene rings is 1. The predicted octanol–water partition coefficient (Wildman–Crippen LogP) is 3.95. The van der Waals surface area contributed by atoms with Crippen molar-refractivity contribution < 1.29 is 9.69 Å². The standard InChI is InChI=1S/C21H25ClN2OS/c22-18-10-6-5-7-15(18)12-23-21(25)19-11-16-13-24(14-20(16)26-19)17-8-3-1-2-4-9-17/h5-7,10-11,17H,1-4,8-9,12-14H2,(H,23,25)/p+1. The molecule has 1 aliphatic carbocycles. The van der Waals surface area contributed by atoms with Crippen LogP contribution in [0.4, 0.5) is 0 Å². The van der Waals surface area contributed by atoms with E-state index in [1.165, 1.54) is 49.0 Å². The smallest absolute Gasteiger partial charge is 0.261 e. The number of hydrogen-bond donors (Lipinski definition) is 2. The summed E-state index contributed by atoms with van der Waals surface area (Å²) in [5.74, 6) is 0.0142. The molecule has 26 heavy (non-hydrogen) atoms. The second-order valence-electron chi connectivity index (χ2n) is 7.53. The number of halogens is 1. The van der Waals surface area contributed by atoms with E-state index in [4.69, 9.17) is 11.6 Å². The monoisotopic (exact) mass is 389 g/mol. The lowest BCUT2D eigenvalue weighted by Crippen LogP contribution is -3.11. The Morgan fingerprint density at radius 1 is 1.15 bits per heavy atom. The van der Waals surface area contributed by atoms with E-state index in [0.29, 0.717) is 11.6 Å². The SMILES string of the molecule is O=C(NCc1ccccc1Cl)c1cc2c(s1)C[NH+](C1CCCCCC1)C2. The molecule has 1 saturated carbocycles. The zero-order valence-electron chi connectivity index (χ0n) is 15.0. The summed E-state index contributed by atoms with van der Waals surface area (Å²) in [7, 11) is 0. The lowest BCUT2D eigenvalue weighted by molar-refractivity contribution is -0.946. The zero-order chi connectivity index (χ0) is 17.9. The summed E-state index contributed by atoms with van der Waals surface area (Å²) in [6.07, 6.45) is 8.32. The maximum atomic E-state index is 12.5. The van der Waals surface area contributed by atoms with E-state index >= 15 is 0 Å². The molecule has 5 heteroatoms. The normalized spacial score (nSPS) is 20.6. The van der Waals surface area contributed by atoms with Gasteiger partial charge in [-0.05, 0) is 43.4 Å². The van der Waals surface area contributed by atoms with Gasteiger partial charge in [0.2, 0.25) is 0 Å². The molecule has 0 bridgehead atoms. The number of quaternary nitrogens is 1. The molecule has 4 rings (SSSR count). The first-order chi connectivity index (χ1) is 12.7. The molecule has 1 fully saturated rings. The van der Waals surface area contributed by atoms with Crippen molar-refractivity contribution in [2.45, 2.75) is 64.2 Å². The Labute approximate surface area is 164 Å². The van der Waals surface area contributed by atoms with Gasteiger partial charge in [0, 0.05) is 17.1 Å². The molecule has 1 amide bonds. The molecule has 2 aliphatic rings. The molecule has 2 N–H and O–H groups in total. The van der Waals surface area contributed by atoms with Gasteiger partial charge in [-0.2, -0.15) is 0 Å². The molecular formula is C21H26ClN2OS+. The van der Waals surface area contributed by atoms with Crippen LogP contribution in [-0.4, -0.2) is 11.9 Å². The van der Waals surface area contributed by atoms with Crippen LogP contribution in [0.2, 0.25) is 5.02 Å². The quantitative estimate of drug-likeness (QED) is 0.762. The van der Waals surface area contributed by atoms with Crippen molar-refractivity contribution in [3.05, 3.63) is 56.2 Å². The molecule has 2 aromatic rings. The predicted molar refractivity (Wildman–Crippen MR) is 107 cm³/mol. The van der Waals surface area contributed by atoms with Crippen molar-refractivity contribution in [1.82, 2.24) is 5.32 Å². The van der Waals surface area contributed by atoms with Gasteiger partial charge in [-0.25, -0.2) is 0 Å². The summed E-state index contributed by atoms with van der Waals surface area (Å²) in [4.78, 5) is 16.5. The average molecular weight is 390 g/mol. The Bertz CT molecular complexity index is 757. The summed E-state index contributed by atoms with van der Waals surface area (Å²) in [5.41, 5.74) is 2.34. The minimum atomic E-state index is 0.0142. The van der Waals surface area contributed by atoms with E-state index in [9.17, 15) is 4.79 Å². The topological polar surface area (TPSA) is 33.5 Å². The molecule has 1 aromatic heterocycles. The zero-order valence-corrected chi connectivity index (χ0v) is 16.6. The summed E-state index contributed by atoms with van der Waals surface area (Å²) < 4.78 is 0. The van der Waals surface area contributed by atoms with Crippen LogP contribution in [0.3, 0.4) is 0 Å². The Hall–Kier alpha value is -1.36. The van der Waals surface area contributed by atoms with Crippen molar-refractivity contribution >= 4 is 28.8 Å². The lowest BCUT2D eigenvalue weighted by Gasteiger charge is -2.23. The van der Waals surface area contributed by atoms with Crippen LogP contribution in [0, 0.1) is 0 Å². The third kappa shape index (κ3) is 3.98. The van der Waals surface area contributed by atoms with Gasteiger partial charge in [0.15, 0.2) is 0 Å². The number of carbonyl (C=O) groups is 1. The van der Waals surface area contributed by atoms with Crippen LogP contribution in [0.1, 0.15) is 64.2 Å². The molecule has 0 saturated heterocycles. The summed E-state index contributed by atoms with van der Waals surface area (Å²) in [5, 5.41) is 3.71. The molecule has 0 spiro atoms. The first kappa shape index (κ1) is 18.0. The van der Waals surface area contributed by atoms with Crippen molar-refractivity contribution in [2.24, 2.45) is 0 Å². The fraction of sp³-hybridized carbons (Fsp3) is 0.476. The van der Waals surface area contributed by atoms with E-state index in [0.717, 1.165) is 29.6 Å². The van der Waals surface area contributed by atoms with Crippen LogP contribution in [0.5, 0.6) is 0 Å². The van der Waals surface area contributed by atoms with E-state index in [1.54, 1.807) is 16.2 Å². The number of rotatable bonds is 4. The van der Waals surface area contributed by atoms with Gasteiger partial charge < -0.3 is 10.2 Å². The summed E-state index contributed by atoms with van der Waals surface area (Å²) in [6, 6.07) is 10.6. The number of fused-ring (bicyclic) bond motifs is 1. The van der Waals surface area contributed by atoms with Gasteiger partial charge in [0.25, 0.3) is 5.91 Å².